The molecule has 204 valence electrons. The van der Waals surface area contributed by atoms with Crippen molar-refractivity contribution in [2.75, 3.05) is 14.2 Å². The zero-order valence-electron chi connectivity index (χ0n) is 22.4. The maximum atomic E-state index is 14.0. The van der Waals surface area contributed by atoms with Crippen LogP contribution in [0.25, 0.3) is 22.0 Å². The van der Waals surface area contributed by atoms with Crippen LogP contribution in [-0.4, -0.2) is 35.8 Å². The van der Waals surface area contributed by atoms with Gasteiger partial charge in [0, 0.05) is 38.5 Å². The molecule has 1 aliphatic rings. The van der Waals surface area contributed by atoms with Crippen LogP contribution < -0.4 is 15.0 Å². The Morgan fingerprint density at radius 3 is 2.46 bits per heavy atom. The Kier molecular flexibility index (Phi) is 7.15. The molecule has 7 nitrogen and oxygen atoms in total. The first kappa shape index (κ1) is 26.5. The third-order valence-corrected chi connectivity index (χ3v) is 7.75. The number of hydrazone groups is 1. The summed E-state index contributed by atoms with van der Waals surface area (Å²) in [5, 5.41) is 7.20. The molecule has 0 saturated heterocycles. The second-order valence-corrected chi connectivity index (χ2v) is 10.6. The molecule has 0 spiro atoms. The van der Waals surface area contributed by atoms with Crippen LogP contribution in [0.5, 0.6) is 11.5 Å². The number of fused-ring (bicyclic) bond motifs is 1. The fraction of sp³-hybridized carbons (Fsp3) is 0.121. The summed E-state index contributed by atoms with van der Waals surface area (Å²) in [5.41, 5.74) is 4.25. The van der Waals surface area contributed by atoms with Gasteiger partial charge in [0.05, 0.1) is 31.5 Å². The van der Waals surface area contributed by atoms with Crippen LogP contribution in [0.15, 0.2) is 111 Å². The Labute approximate surface area is 245 Å². The van der Waals surface area contributed by atoms with Gasteiger partial charge in [-0.25, -0.2) is 5.01 Å². The largest absolute Gasteiger partial charge is 0.497 e. The van der Waals surface area contributed by atoms with Gasteiger partial charge >= 0.3 is 0 Å². The smallest absolute Gasteiger partial charge is 0.274 e. The fourth-order valence-electron chi connectivity index (χ4n) is 5.37. The van der Waals surface area contributed by atoms with Crippen molar-refractivity contribution in [3.63, 3.8) is 0 Å². The lowest BCUT2D eigenvalue weighted by atomic mass is 9.91. The highest BCUT2D eigenvalue weighted by atomic mass is 79.9. The molecule has 1 aromatic heterocycles. The van der Waals surface area contributed by atoms with E-state index in [0.29, 0.717) is 40.3 Å². The van der Waals surface area contributed by atoms with Gasteiger partial charge in [-0.2, -0.15) is 5.10 Å². The van der Waals surface area contributed by atoms with E-state index in [-0.39, 0.29) is 11.5 Å². The molecule has 6 rings (SSSR count). The second-order valence-electron chi connectivity index (χ2n) is 9.65. The van der Waals surface area contributed by atoms with Gasteiger partial charge in [0.15, 0.2) is 0 Å². The molecule has 8 heteroatoms. The Morgan fingerprint density at radius 2 is 1.68 bits per heavy atom. The summed E-state index contributed by atoms with van der Waals surface area (Å²) in [5.74, 6) is 0.893. The summed E-state index contributed by atoms with van der Waals surface area (Å²) in [6.45, 7) is 0. The number of rotatable bonds is 6. The van der Waals surface area contributed by atoms with Gasteiger partial charge < -0.3 is 14.5 Å². The number of amides is 1. The molecule has 0 fully saturated rings. The second kappa shape index (κ2) is 11.1. The number of hydrogen-bond acceptors (Lipinski definition) is 5. The van der Waals surface area contributed by atoms with Crippen LogP contribution in [0, 0.1) is 0 Å². The van der Waals surface area contributed by atoms with Crippen molar-refractivity contribution in [3.8, 4) is 22.6 Å². The Bertz CT molecular complexity index is 1870. The van der Waals surface area contributed by atoms with Gasteiger partial charge in [-0.05, 0) is 48.0 Å². The number of H-pyrrole nitrogens is 1. The van der Waals surface area contributed by atoms with Gasteiger partial charge in [0.2, 0.25) is 0 Å². The number of halogens is 1. The molecule has 4 aromatic carbocycles. The fourth-order valence-corrected chi connectivity index (χ4v) is 5.73. The summed E-state index contributed by atoms with van der Waals surface area (Å²) in [6, 6.07) is 29.6. The van der Waals surface area contributed by atoms with E-state index in [2.05, 4.69) is 20.9 Å². The monoisotopic (exact) mass is 607 g/mol. The molecular weight excluding hydrogens is 582 g/mol. The number of carbonyl (C=O) groups is 1. The number of benzene rings is 4. The van der Waals surface area contributed by atoms with E-state index in [0.717, 1.165) is 26.5 Å². The standard InChI is InChI=1S/C33H26BrN3O4/c1-40-23-12-8-11-21(17-23)33(39)37-28(24-13-6-7-14-29(24)41-2)19-27(36-37)31-30(20-9-4-3-5-10-20)25-18-22(34)15-16-26(25)35-32(31)38/h3-18,28H,19H2,1-2H3,(H,35,38). The van der Waals surface area contributed by atoms with E-state index >= 15 is 0 Å². The van der Waals surface area contributed by atoms with Crippen molar-refractivity contribution < 1.29 is 14.3 Å². The molecule has 1 N–H and O–H groups in total. The molecule has 1 aliphatic heterocycles. The molecule has 2 heterocycles. The minimum Gasteiger partial charge on any atom is -0.497 e. The predicted molar refractivity (Wildman–Crippen MR) is 164 cm³/mol. The normalized spacial score (nSPS) is 14.7. The number of aromatic nitrogens is 1. The van der Waals surface area contributed by atoms with Crippen molar-refractivity contribution in [2.45, 2.75) is 12.5 Å². The van der Waals surface area contributed by atoms with E-state index in [4.69, 9.17) is 14.6 Å². The lowest BCUT2D eigenvalue weighted by Crippen LogP contribution is -2.27. The first-order valence-electron chi connectivity index (χ1n) is 13.1. The first-order valence-corrected chi connectivity index (χ1v) is 13.9. The number of nitrogens with zero attached hydrogens (tertiary/aromatic N) is 2. The minimum atomic E-state index is -0.499. The van der Waals surface area contributed by atoms with E-state index in [1.807, 2.05) is 72.8 Å². The lowest BCUT2D eigenvalue weighted by Gasteiger charge is -2.23. The SMILES string of the molecule is COc1cccc(C(=O)N2N=C(c3c(-c4ccccc4)c4cc(Br)ccc4[nH]c3=O)CC2c2ccccc2OC)c1. The number of para-hydroxylation sites is 1. The Balaban J connectivity index is 1.58. The number of methoxy groups -OCH3 is 2. The number of nitrogens with one attached hydrogen (secondary N) is 1. The van der Waals surface area contributed by atoms with Crippen LogP contribution in [0.3, 0.4) is 0 Å². The van der Waals surface area contributed by atoms with E-state index < -0.39 is 6.04 Å². The molecule has 1 atom stereocenters. The van der Waals surface area contributed by atoms with Crippen LogP contribution in [0.4, 0.5) is 0 Å². The number of pyridine rings is 1. The molecule has 41 heavy (non-hydrogen) atoms. The maximum absolute atomic E-state index is 14.0. The van der Waals surface area contributed by atoms with E-state index in [1.54, 1.807) is 38.5 Å². The molecule has 0 bridgehead atoms. The van der Waals surface area contributed by atoms with Crippen molar-refractivity contribution in [1.29, 1.82) is 0 Å². The Hall–Kier alpha value is -4.69. The van der Waals surface area contributed by atoms with Crippen molar-refractivity contribution in [2.24, 2.45) is 5.10 Å². The van der Waals surface area contributed by atoms with Crippen molar-refractivity contribution >= 4 is 38.5 Å². The average molecular weight is 608 g/mol. The first-order chi connectivity index (χ1) is 20.0. The summed E-state index contributed by atoms with van der Waals surface area (Å²) in [7, 11) is 3.16. The highest BCUT2D eigenvalue weighted by molar-refractivity contribution is 9.10. The number of hydrogen-bond donors (Lipinski definition) is 1. The number of ether oxygens (including phenoxy) is 2. The topological polar surface area (TPSA) is 84.0 Å². The average Bonchev–Trinajstić information content (AvgIpc) is 3.45. The maximum Gasteiger partial charge on any atom is 0.274 e. The highest BCUT2D eigenvalue weighted by Crippen LogP contribution is 2.40. The Morgan fingerprint density at radius 1 is 0.902 bits per heavy atom. The van der Waals surface area contributed by atoms with Gasteiger partial charge in [-0.3, -0.25) is 9.59 Å². The summed E-state index contributed by atoms with van der Waals surface area (Å²) >= 11 is 3.59. The molecule has 0 saturated carbocycles. The zero-order valence-corrected chi connectivity index (χ0v) is 24.0. The van der Waals surface area contributed by atoms with Crippen LogP contribution in [-0.2, 0) is 0 Å². The summed E-state index contributed by atoms with van der Waals surface area (Å²) in [4.78, 5) is 30.8. The summed E-state index contributed by atoms with van der Waals surface area (Å²) in [6.07, 6.45) is 0.318. The lowest BCUT2D eigenvalue weighted by molar-refractivity contribution is 0.0709. The third-order valence-electron chi connectivity index (χ3n) is 7.26. The van der Waals surface area contributed by atoms with Crippen LogP contribution in [0.2, 0.25) is 0 Å². The zero-order chi connectivity index (χ0) is 28.5. The molecular formula is C33H26BrN3O4. The van der Waals surface area contributed by atoms with Gasteiger partial charge in [-0.1, -0.05) is 70.5 Å². The van der Waals surface area contributed by atoms with E-state index in [9.17, 15) is 9.59 Å². The van der Waals surface area contributed by atoms with Crippen molar-refractivity contribution in [3.05, 3.63) is 129 Å². The predicted octanol–water partition coefficient (Wildman–Crippen LogP) is 6.97. The number of carbonyl (C=O) groups excluding carboxylic acids is 1. The minimum absolute atomic E-state index is 0.271. The van der Waals surface area contributed by atoms with Crippen molar-refractivity contribution in [1.82, 2.24) is 9.99 Å². The van der Waals surface area contributed by atoms with Gasteiger partial charge in [-0.15, -0.1) is 0 Å². The quantitative estimate of drug-likeness (QED) is 0.226. The molecule has 1 unspecified atom stereocenters. The molecule has 0 aliphatic carbocycles. The van der Waals surface area contributed by atoms with Crippen LogP contribution in [0.1, 0.15) is 33.9 Å². The highest BCUT2D eigenvalue weighted by Gasteiger charge is 2.37. The third kappa shape index (κ3) is 4.91. The van der Waals surface area contributed by atoms with E-state index in [1.165, 1.54) is 5.01 Å². The van der Waals surface area contributed by atoms with Crippen LogP contribution >= 0.6 is 15.9 Å². The molecule has 5 aromatic rings. The number of aromatic amines is 1. The molecule has 1 amide bonds. The van der Waals surface area contributed by atoms with Gasteiger partial charge in [0.1, 0.15) is 11.5 Å². The van der Waals surface area contributed by atoms with Gasteiger partial charge in [0.25, 0.3) is 11.5 Å². The molecule has 0 radical (unpaired) electrons. The summed E-state index contributed by atoms with van der Waals surface area (Å²) < 4.78 is 11.9.